The average Bonchev–Trinajstić information content (AvgIpc) is 3.28. The molecule has 6 nitrogen and oxygen atoms in total. The Morgan fingerprint density at radius 3 is 2.25 bits per heavy atom. The van der Waals surface area contributed by atoms with E-state index in [1.165, 1.54) is 32.1 Å². The van der Waals surface area contributed by atoms with Gasteiger partial charge in [-0.1, -0.05) is 33.1 Å². The SMILES string of the molecule is CC(C)C(OC(=O)N1CC(CNC(=O)OC(C)(C)C)(CC2CC2)C1)C1CCC1. The molecule has 3 rings (SSSR count). The Morgan fingerprint density at radius 1 is 1.14 bits per heavy atom. The van der Waals surface area contributed by atoms with Gasteiger partial charge in [-0.25, -0.2) is 9.59 Å². The molecule has 0 spiro atoms. The predicted octanol–water partition coefficient (Wildman–Crippen LogP) is 4.57. The van der Waals surface area contributed by atoms with Gasteiger partial charge in [-0.05, 0) is 57.8 Å². The number of amides is 2. The van der Waals surface area contributed by atoms with Gasteiger partial charge in [-0.2, -0.15) is 0 Å². The maximum Gasteiger partial charge on any atom is 0.410 e. The van der Waals surface area contributed by atoms with Crippen LogP contribution in [0.4, 0.5) is 9.59 Å². The summed E-state index contributed by atoms with van der Waals surface area (Å²) < 4.78 is 11.3. The maximum absolute atomic E-state index is 12.7. The molecule has 1 N–H and O–H groups in total. The largest absolute Gasteiger partial charge is 0.446 e. The second-order valence-corrected chi connectivity index (χ2v) is 10.6. The van der Waals surface area contributed by atoms with Gasteiger partial charge >= 0.3 is 12.2 Å². The molecule has 2 saturated carbocycles. The smallest absolute Gasteiger partial charge is 0.410 e. The number of nitrogens with zero attached hydrogens (tertiary/aromatic N) is 1. The molecule has 1 saturated heterocycles. The van der Waals surface area contributed by atoms with Crippen molar-refractivity contribution in [2.24, 2.45) is 23.2 Å². The summed E-state index contributed by atoms with van der Waals surface area (Å²) in [6.45, 7) is 11.7. The van der Waals surface area contributed by atoms with Crippen LogP contribution in [0.25, 0.3) is 0 Å². The Hall–Kier alpha value is -1.46. The fraction of sp³-hybridized carbons (Fsp3) is 0.909. The first-order chi connectivity index (χ1) is 13.1. The first kappa shape index (κ1) is 21.3. The van der Waals surface area contributed by atoms with Crippen molar-refractivity contribution >= 4 is 12.2 Å². The van der Waals surface area contributed by atoms with Crippen LogP contribution in [0.1, 0.15) is 73.1 Å². The van der Waals surface area contributed by atoms with E-state index in [0.29, 0.717) is 31.5 Å². The monoisotopic (exact) mass is 394 g/mol. The number of carbonyl (C=O) groups excluding carboxylic acids is 2. The molecule has 0 radical (unpaired) electrons. The van der Waals surface area contributed by atoms with E-state index in [-0.39, 0.29) is 23.7 Å². The van der Waals surface area contributed by atoms with E-state index in [1.54, 1.807) is 0 Å². The molecule has 2 amide bonds. The highest BCUT2D eigenvalue weighted by Gasteiger charge is 2.49. The first-order valence-corrected chi connectivity index (χ1v) is 11.0. The Labute approximate surface area is 169 Å². The van der Waals surface area contributed by atoms with Crippen LogP contribution in [0.3, 0.4) is 0 Å². The lowest BCUT2D eigenvalue weighted by Gasteiger charge is -2.50. The molecule has 2 aliphatic carbocycles. The summed E-state index contributed by atoms with van der Waals surface area (Å²) in [4.78, 5) is 26.6. The topological polar surface area (TPSA) is 67.9 Å². The maximum atomic E-state index is 12.7. The van der Waals surface area contributed by atoms with E-state index < -0.39 is 5.60 Å². The molecule has 0 aromatic carbocycles. The van der Waals surface area contributed by atoms with Crippen molar-refractivity contribution in [3.8, 4) is 0 Å². The summed E-state index contributed by atoms with van der Waals surface area (Å²) in [5, 5.41) is 2.93. The van der Waals surface area contributed by atoms with Gasteiger partial charge in [-0.15, -0.1) is 0 Å². The number of carbonyl (C=O) groups is 2. The quantitative estimate of drug-likeness (QED) is 0.686. The van der Waals surface area contributed by atoms with E-state index in [9.17, 15) is 9.59 Å². The molecular formula is C22H38N2O4. The molecule has 160 valence electrons. The highest BCUT2D eigenvalue weighted by molar-refractivity contribution is 5.70. The van der Waals surface area contributed by atoms with Gasteiger partial charge in [0.15, 0.2) is 0 Å². The zero-order valence-electron chi connectivity index (χ0n) is 18.3. The standard InChI is InChI=1S/C22H38N2O4/c1-15(2)18(17-7-6-8-17)27-20(26)24-13-22(14-24,11-16-9-10-16)12-23-19(25)28-21(3,4)5/h15-18H,6-14H2,1-5H3,(H,23,25). The van der Waals surface area contributed by atoms with Gasteiger partial charge in [0, 0.05) is 25.0 Å². The molecule has 0 bridgehead atoms. The average molecular weight is 395 g/mol. The summed E-state index contributed by atoms with van der Waals surface area (Å²) in [7, 11) is 0. The molecule has 6 heteroatoms. The van der Waals surface area contributed by atoms with E-state index in [2.05, 4.69) is 19.2 Å². The highest BCUT2D eigenvalue weighted by Crippen LogP contribution is 2.45. The number of ether oxygens (including phenoxy) is 2. The Balaban J connectivity index is 1.50. The van der Waals surface area contributed by atoms with Crippen molar-refractivity contribution in [2.75, 3.05) is 19.6 Å². The number of rotatable bonds is 7. The third-order valence-electron chi connectivity index (χ3n) is 6.24. The Kier molecular flexibility index (Phi) is 6.16. The lowest BCUT2D eigenvalue weighted by Crippen LogP contribution is -2.63. The second kappa shape index (κ2) is 8.11. The fourth-order valence-corrected chi connectivity index (χ4v) is 4.45. The van der Waals surface area contributed by atoms with Gasteiger partial charge < -0.3 is 19.7 Å². The number of hydrogen-bond acceptors (Lipinski definition) is 4. The number of likely N-dealkylation sites (tertiary alicyclic amines) is 1. The van der Waals surface area contributed by atoms with Crippen LogP contribution in [0.5, 0.6) is 0 Å². The summed E-state index contributed by atoms with van der Waals surface area (Å²) >= 11 is 0. The third kappa shape index (κ3) is 5.54. The molecule has 1 aliphatic heterocycles. The van der Waals surface area contributed by atoms with Crippen LogP contribution in [-0.2, 0) is 9.47 Å². The summed E-state index contributed by atoms with van der Waals surface area (Å²) in [5.41, 5.74) is -0.544. The summed E-state index contributed by atoms with van der Waals surface area (Å²) in [5.74, 6) is 1.60. The molecule has 3 fully saturated rings. The van der Waals surface area contributed by atoms with Crippen LogP contribution in [0, 0.1) is 23.2 Å². The van der Waals surface area contributed by atoms with E-state index in [1.807, 2.05) is 25.7 Å². The van der Waals surface area contributed by atoms with Crippen LogP contribution >= 0.6 is 0 Å². The van der Waals surface area contributed by atoms with Gasteiger partial charge in [0.05, 0.1) is 0 Å². The van der Waals surface area contributed by atoms with Crippen LogP contribution < -0.4 is 5.32 Å². The van der Waals surface area contributed by atoms with Crippen molar-refractivity contribution in [3.63, 3.8) is 0 Å². The van der Waals surface area contributed by atoms with Gasteiger partial charge in [0.2, 0.25) is 0 Å². The minimum absolute atomic E-state index is 0.0274. The van der Waals surface area contributed by atoms with Gasteiger partial charge in [0.1, 0.15) is 11.7 Å². The third-order valence-corrected chi connectivity index (χ3v) is 6.24. The van der Waals surface area contributed by atoms with Gasteiger partial charge in [0.25, 0.3) is 0 Å². The van der Waals surface area contributed by atoms with Crippen LogP contribution in [0.2, 0.25) is 0 Å². The summed E-state index contributed by atoms with van der Waals surface area (Å²) in [6.07, 6.45) is 6.62. The minimum Gasteiger partial charge on any atom is -0.446 e. The Morgan fingerprint density at radius 2 is 1.79 bits per heavy atom. The summed E-state index contributed by atoms with van der Waals surface area (Å²) in [6, 6.07) is 0. The van der Waals surface area contributed by atoms with Crippen LogP contribution in [0.15, 0.2) is 0 Å². The molecular weight excluding hydrogens is 356 g/mol. The molecule has 0 aromatic rings. The van der Waals surface area contributed by atoms with Gasteiger partial charge in [-0.3, -0.25) is 0 Å². The minimum atomic E-state index is -0.503. The van der Waals surface area contributed by atoms with Crippen molar-refractivity contribution in [1.29, 1.82) is 0 Å². The normalized spacial score (nSPS) is 22.9. The Bertz CT molecular complexity index is 570. The lowest BCUT2D eigenvalue weighted by atomic mass is 9.75. The predicted molar refractivity (Wildman–Crippen MR) is 108 cm³/mol. The molecule has 1 unspecified atom stereocenters. The molecule has 1 atom stereocenters. The van der Waals surface area contributed by atoms with Crippen molar-refractivity contribution in [2.45, 2.75) is 84.8 Å². The number of nitrogens with one attached hydrogen (secondary N) is 1. The van der Waals surface area contributed by atoms with E-state index in [4.69, 9.17) is 9.47 Å². The molecule has 28 heavy (non-hydrogen) atoms. The first-order valence-electron chi connectivity index (χ1n) is 11.0. The van der Waals surface area contributed by atoms with Crippen molar-refractivity contribution in [3.05, 3.63) is 0 Å². The number of alkyl carbamates (subject to hydrolysis) is 1. The van der Waals surface area contributed by atoms with E-state index >= 15 is 0 Å². The fourth-order valence-electron chi connectivity index (χ4n) is 4.45. The molecule has 1 heterocycles. The lowest BCUT2D eigenvalue weighted by molar-refractivity contribution is -0.0530. The van der Waals surface area contributed by atoms with E-state index in [0.717, 1.165) is 12.3 Å². The van der Waals surface area contributed by atoms with Crippen molar-refractivity contribution < 1.29 is 19.1 Å². The highest BCUT2D eigenvalue weighted by atomic mass is 16.6. The van der Waals surface area contributed by atoms with Crippen molar-refractivity contribution in [1.82, 2.24) is 10.2 Å². The zero-order valence-corrected chi connectivity index (χ0v) is 18.3. The molecule has 3 aliphatic rings. The number of hydrogen-bond donors (Lipinski definition) is 1. The van der Waals surface area contributed by atoms with Crippen LogP contribution in [-0.4, -0.2) is 48.4 Å². The second-order valence-electron chi connectivity index (χ2n) is 10.6. The molecule has 0 aromatic heterocycles. The zero-order chi connectivity index (χ0) is 20.5.